The van der Waals surface area contributed by atoms with Crippen LogP contribution in [0.25, 0.3) is 33.4 Å². The molecule has 3 saturated heterocycles. The standard InChI is InChI=1S/C45H61N9O6S.3H2S/c1-9-53-37-13-12-29-19-31(37)33(40(53)32-20-30(23-46-39(32)28(2)58-8)52-17-15-51(7)16-18-52)22-44(3,4)25-60-42(56)34-11-10-14-54(49-34)41(55)35(21-38-47-36(29)24-61-38)48-43(57)45(50(5)6)26-59-27-45;;;/h12-13,19-20,23-24,28,34-35,49H,9-11,14-18,21-22,25-27H2,1-8H3,(H,48,57);3*1H2/t28-,34-,35-;;;/m0.../s1. The molecular weight excluding hydrogens is 891 g/mol. The lowest BCUT2D eigenvalue weighted by atomic mass is 9.84. The Morgan fingerprint density at radius 3 is 2.47 bits per heavy atom. The van der Waals surface area contributed by atoms with Crippen molar-refractivity contribution in [2.75, 3.05) is 85.7 Å². The molecule has 2 amide bonds. The number of anilines is 1. The molecule has 3 atom stereocenters. The summed E-state index contributed by atoms with van der Waals surface area (Å²) in [6, 6.07) is 7.16. The molecule has 4 aromatic rings. The second-order valence-corrected chi connectivity index (χ2v) is 19.1. The van der Waals surface area contributed by atoms with Gasteiger partial charge in [0.15, 0.2) is 0 Å². The molecule has 0 spiro atoms. The Balaban J connectivity index is 0.00000257. The van der Waals surface area contributed by atoms with Crippen molar-refractivity contribution in [1.82, 2.24) is 40.1 Å². The highest BCUT2D eigenvalue weighted by molar-refractivity contribution is 7.59. The SMILES string of the molecule is CCn1c(-c2cc(N3CCN(C)CC3)cnc2[C@H](C)OC)c2c3cc(ccc31)-c1csc(n1)C[C@H](NC(=O)C1(N(C)C)COC1)C(=O)N1CCC[C@H](N1)C(=O)OCC(C)(C)C2.S.S.S. The van der Waals surface area contributed by atoms with Gasteiger partial charge in [0.05, 0.1) is 59.9 Å². The van der Waals surface area contributed by atoms with Crippen molar-refractivity contribution in [1.29, 1.82) is 0 Å². The molecule has 0 aliphatic carbocycles. The Hall–Kier alpha value is -3.40. The number of fused-ring (bicyclic) bond motifs is 6. The molecule has 19 heteroatoms. The van der Waals surface area contributed by atoms with Gasteiger partial charge in [-0.15, -0.1) is 11.3 Å². The van der Waals surface area contributed by atoms with Crippen LogP contribution in [-0.2, 0) is 48.0 Å². The Morgan fingerprint density at radius 1 is 1.08 bits per heavy atom. The van der Waals surface area contributed by atoms with Crippen molar-refractivity contribution in [2.45, 2.75) is 83.6 Å². The molecule has 8 rings (SSSR count). The summed E-state index contributed by atoms with van der Waals surface area (Å²) in [6.45, 7) is 14.0. The van der Waals surface area contributed by atoms with Gasteiger partial charge in [0.25, 0.3) is 5.91 Å². The second kappa shape index (κ2) is 21.1. The third-order valence-corrected chi connectivity index (χ3v) is 13.9. The van der Waals surface area contributed by atoms with Crippen LogP contribution < -0.4 is 15.6 Å². The molecule has 3 aromatic heterocycles. The maximum atomic E-state index is 14.4. The van der Waals surface area contributed by atoms with Gasteiger partial charge in [0, 0.05) is 85.6 Å². The number of nitrogens with zero attached hydrogens (tertiary/aromatic N) is 7. The molecule has 1 aromatic carbocycles. The molecule has 4 aliphatic rings. The van der Waals surface area contributed by atoms with Crippen molar-refractivity contribution in [2.24, 2.45) is 5.41 Å². The number of likely N-dealkylation sites (N-methyl/N-ethyl adjacent to an activating group) is 2. The molecule has 352 valence electrons. The third kappa shape index (κ3) is 10.1. The van der Waals surface area contributed by atoms with Gasteiger partial charge >= 0.3 is 5.97 Å². The number of aromatic nitrogens is 3. The number of thiazole rings is 1. The van der Waals surface area contributed by atoms with E-state index in [9.17, 15) is 14.4 Å². The minimum Gasteiger partial charge on any atom is -0.464 e. The molecule has 0 radical (unpaired) electrons. The molecular formula is C45H67N9O6S4. The maximum absolute atomic E-state index is 14.4. The van der Waals surface area contributed by atoms with Gasteiger partial charge in [0.2, 0.25) is 5.91 Å². The van der Waals surface area contributed by atoms with Crippen LogP contribution in [0, 0.1) is 5.41 Å². The van der Waals surface area contributed by atoms with Gasteiger partial charge < -0.3 is 33.9 Å². The summed E-state index contributed by atoms with van der Waals surface area (Å²) < 4.78 is 20.0. The Bertz CT molecular complexity index is 2290. The van der Waals surface area contributed by atoms with E-state index in [-0.39, 0.29) is 84.6 Å². The van der Waals surface area contributed by atoms with Crippen LogP contribution in [0.1, 0.15) is 62.9 Å². The number of methoxy groups -OCH3 is 1. The fraction of sp³-hybridized carbons (Fsp3) is 0.578. The number of esters is 1. The zero-order valence-corrected chi connectivity index (χ0v) is 42.2. The van der Waals surface area contributed by atoms with Crippen molar-refractivity contribution >= 4 is 86.2 Å². The minimum absolute atomic E-state index is 0. The fourth-order valence-corrected chi connectivity index (χ4v) is 9.87. The average molecular weight is 958 g/mol. The smallest absolute Gasteiger partial charge is 0.324 e. The number of rotatable bonds is 8. The third-order valence-electron chi connectivity index (χ3n) is 13.0. The zero-order valence-electron chi connectivity index (χ0n) is 38.4. The normalized spacial score (nSPS) is 21.7. The van der Waals surface area contributed by atoms with Crippen LogP contribution in [0.5, 0.6) is 0 Å². The monoisotopic (exact) mass is 957 g/mol. The molecule has 64 heavy (non-hydrogen) atoms. The van der Waals surface area contributed by atoms with Gasteiger partial charge in [0.1, 0.15) is 17.6 Å². The predicted octanol–water partition coefficient (Wildman–Crippen LogP) is 4.62. The first-order valence-electron chi connectivity index (χ1n) is 21.6. The van der Waals surface area contributed by atoms with Crippen LogP contribution in [0.2, 0.25) is 0 Å². The van der Waals surface area contributed by atoms with E-state index in [0.717, 1.165) is 76.5 Å². The number of hydrogen-bond acceptors (Lipinski definition) is 13. The molecule has 7 heterocycles. The van der Waals surface area contributed by atoms with Crippen LogP contribution in [0.3, 0.4) is 0 Å². The first-order valence-corrected chi connectivity index (χ1v) is 22.5. The van der Waals surface area contributed by atoms with Gasteiger partial charge in [-0.25, -0.2) is 10.4 Å². The highest BCUT2D eigenvalue weighted by Gasteiger charge is 2.49. The summed E-state index contributed by atoms with van der Waals surface area (Å²) in [6.07, 6.45) is 3.63. The molecule has 6 bridgehead atoms. The average Bonchev–Trinajstić information content (AvgIpc) is 3.82. The van der Waals surface area contributed by atoms with E-state index >= 15 is 0 Å². The summed E-state index contributed by atoms with van der Waals surface area (Å²) >= 11 is 1.47. The lowest BCUT2D eigenvalue weighted by Crippen LogP contribution is -2.70. The summed E-state index contributed by atoms with van der Waals surface area (Å²) in [4.78, 5) is 59.0. The molecule has 0 saturated carbocycles. The van der Waals surface area contributed by atoms with Gasteiger partial charge in [-0.2, -0.15) is 40.5 Å². The van der Waals surface area contributed by atoms with Gasteiger partial charge in [-0.1, -0.05) is 19.9 Å². The summed E-state index contributed by atoms with van der Waals surface area (Å²) in [5, 5.41) is 8.38. The first-order chi connectivity index (χ1) is 29.2. The first kappa shape index (κ1) is 51.6. The number of carbonyl (C=O) groups excluding carboxylic acids is 3. The number of aryl methyl sites for hydroxylation is 1. The number of hydrogen-bond donors (Lipinski definition) is 2. The van der Waals surface area contributed by atoms with E-state index in [4.69, 9.17) is 24.2 Å². The van der Waals surface area contributed by atoms with Crippen LogP contribution in [-0.4, -0.2) is 146 Å². The number of benzene rings is 1. The molecule has 4 aliphatic heterocycles. The summed E-state index contributed by atoms with van der Waals surface area (Å²) in [5.41, 5.74) is 9.84. The predicted molar refractivity (Wildman–Crippen MR) is 267 cm³/mol. The molecule has 2 N–H and O–H groups in total. The van der Waals surface area contributed by atoms with E-state index < -0.39 is 29.0 Å². The topological polar surface area (TPSA) is 147 Å². The lowest BCUT2D eigenvalue weighted by Gasteiger charge is -2.45. The van der Waals surface area contributed by atoms with Gasteiger partial charge in [-0.05, 0) is 78.0 Å². The number of nitrogens with one attached hydrogen (secondary N) is 2. The van der Waals surface area contributed by atoms with E-state index in [1.54, 1.807) is 7.11 Å². The van der Waals surface area contributed by atoms with E-state index in [1.165, 1.54) is 16.3 Å². The highest BCUT2D eigenvalue weighted by atomic mass is 32.1. The largest absolute Gasteiger partial charge is 0.464 e. The number of ether oxygens (including phenoxy) is 3. The Morgan fingerprint density at radius 2 is 1.81 bits per heavy atom. The van der Waals surface area contributed by atoms with Crippen molar-refractivity contribution in [3.63, 3.8) is 0 Å². The Kier molecular flexibility index (Phi) is 17.0. The molecule has 3 fully saturated rings. The number of amides is 2. The second-order valence-electron chi connectivity index (χ2n) is 18.1. The van der Waals surface area contributed by atoms with Crippen molar-refractivity contribution in [3.05, 3.63) is 52.1 Å². The minimum atomic E-state index is -0.932. The van der Waals surface area contributed by atoms with E-state index in [2.05, 4.69) is 77.2 Å². The number of pyridine rings is 1. The van der Waals surface area contributed by atoms with Crippen LogP contribution >= 0.6 is 51.8 Å². The van der Waals surface area contributed by atoms with E-state index in [1.807, 2.05) is 37.5 Å². The Labute approximate surface area is 402 Å². The van der Waals surface area contributed by atoms with Crippen LogP contribution in [0.15, 0.2) is 35.8 Å². The lowest BCUT2D eigenvalue weighted by molar-refractivity contribution is -0.167. The number of piperazine rings is 1. The number of carbonyl (C=O) groups is 3. The van der Waals surface area contributed by atoms with Gasteiger partial charge in [-0.3, -0.25) is 29.3 Å². The fourth-order valence-electron chi connectivity index (χ4n) is 9.02. The summed E-state index contributed by atoms with van der Waals surface area (Å²) in [5.74, 6) is -1.02. The quantitative estimate of drug-likeness (QED) is 0.238. The summed E-state index contributed by atoms with van der Waals surface area (Å²) in [7, 11) is 7.57. The molecule has 0 unspecified atom stereocenters. The van der Waals surface area contributed by atoms with E-state index in [0.29, 0.717) is 37.4 Å². The number of hydrazine groups is 1. The zero-order chi connectivity index (χ0) is 43.2. The van der Waals surface area contributed by atoms with Crippen molar-refractivity contribution in [3.8, 4) is 22.5 Å². The van der Waals surface area contributed by atoms with Crippen LogP contribution in [0.4, 0.5) is 5.69 Å². The van der Waals surface area contributed by atoms with Crippen molar-refractivity contribution < 1.29 is 28.6 Å². The molecule has 15 nitrogen and oxygen atoms in total. The highest BCUT2D eigenvalue weighted by Crippen LogP contribution is 2.43. The maximum Gasteiger partial charge on any atom is 0.324 e. The number of cyclic esters (lactones) is 1.